The molecule has 0 spiro atoms. The highest BCUT2D eigenvalue weighted by atomic mass is 32.2. The Morgan fingerprint density at radius 2 is 1.93 bits per heavy atom. The fraction of sp³-hybridized carbons (Fsp3) is 0.421. The largest absolute Gasteiger partial charge is 0.348 e. The Kier molecular flexibility index (Phi) is 5.95. The molecule has 2 heterocycles. The molecule has 162 valence electrons. The molecule has 3 rings (SSSR count). The van der Waals surface area contributed by atoms with Gasteiger partial charge in [0.05, 0.1) is 16.2 Å². The van der Waals surface area contributed by atoms with Crippen LogP contribution in [0.4, 0.5) is 10.3 Å². The highest BCUT2D eigenvalue weighted by Gasteiger charge is 2.31. The van der Waals surface area contributed by atoms with E-state index in [1.54, 1.807) is 19.0 Å². The molecule has 0 unspecified atom stereocenters. The number of carbonyl (C=O) groups excluding carboxylic acids is 1. The van der Waals surface area contributed by atoms with Crippen LogP contribution in [0.5, 0.6) is 0 Å². The average Bonchev–Trinajstić information content (AvgIpc) is 3.17. The van der Waals surface area contributed by atoms with E-state index >= 15 is 0 Å². The molecule has 9 nitrogen and oxygen atoms in total. The lowest BCUT2D eigenvalue weighted by atomic mass is 10.0. The second-order valence-electron chi connectivity index (χ2n) is 7.55. The molecule has 1 atom stereocenters. The number of rotatable bonds is 5. The Morgan fingerprint density at radius 3 is 2.57 bits per heavy atom. The minimum Gasteiger partial charge on any atom is -0.348 e. The second-order valence-corrected chi connectivity index (χ2v) is 9.71. The standard InChI is InChI=1S/C19H24FN5O4S/c1-23(2)19-21-16(10-17(26)22-19)12-7-8-25(11-12)18(27)14-9-13(5-6-15(14)20)30(28,29)24(3)4/h5-6,9-10,12H,7-8,11H2,1-4H3,(H,21,22,26)/t12-/m0/s1. The number of nitrogens with zero attached hydrogens (tertiary/aromatic N) is 4. The maximum absolute atomic E-state index is 14.4. The van der Waals surface area contributed by atoms with Gasteiger partial charge in [-0.05, 0) is 24.6 Å². The number of halogens is 1. The predicted octanol–water partition coefficient (Wildman–Crippen LogP) is 0.855. The lowest BCUT2D eigenvalue weighted by Gasteiger charge is -2.19. The topological polar surface area (TPSA) is 107 Å². The summed E-state index contributed by atoms with van der Waals surface area (Å²) in [4.78, 5) is 34.9. The molecule has 1 aromatic carbocycles. The predicted molar refractivity (Wildman–Crippen MR) is 110 cm³/mol. The van der Waals surface area contributed by atoms with Gasteiger partial charge in [-0.3, -0.25) is 14.6 Å². The van der Waals surface area contributed by atoms with Crippen LogP contribution in [0.3, 0.4) is 0 Å². The first-order chi connectivity index (χ1) is 14.0. The molecule has 11 heteroatoms. The fourth-order valence-corrected chi connectivity index (χ4v) is 4.21. The molecular weight excluding hydrogens is 413 g/mol. The number of amides is 1. The number of anilines is 1. The van der Waals surface area contributed by atoms with Crippen LogP contribution in [-0.4, -0.2) is 74.8 Å². The van der Waals surface area contributed by atoms with Crippen molar-refractivity contribution in [2.45, 2.75) is 17.2 Å². The normalized spacial score (nSPS) is 16.9. The maximum atomic E-state index is 14.4. The van der Waals surface area contributed by atoms with Crippen molar-refractivity contribution in [2.75, 3.05) is 46.2 Å². The van der Waals surface area contributed by atoms with Crippen LogP contribution in [0, 0.1) is 5.82 Å². The third kappa shape index (κ3) is 4.21. The summed E-state index contributed by atoms with van der Waals surface area (Å²) >= 11 is 0. The number of aromatic nitrogens is 2. The van der Waals surface area contributed by atoms with Gasteiger partial charge >= 0.3 is 0 Å². The minimum atomic E-state index is -3.80. The molecule has 1 aliphatic rings. The third-order valence-electron chi connectivity index (χ3n) is 5.01. The highest BCUT2D eigenvalue weighted by Crippen LogP contribution is 2.28. The van der Waals surface area contributed by atoms with E-state index in [1.807, 2.05) is 0 Å². The number of benzene rings is 1. The zero-order valence-corrected chi connectivity index (χ0v) is 18.0. The molecule has 0 aliphatic carbocycles. The van der Waals surface area contributed by atoms with Crippen molar-refractivity contribution in [1.82, 2.24) is 19.2 Å². The summed E-state index contributed by atoms with van der Waals surface area (Å²) in [5, 5.41) is 0. The monoisotopic (exact) mass is 437 g/mol. The summed E-state index contributed by atoms with van der Waals surface area (Å²) in [5.41, 5.74) is -0.0327. The Morgan fingerprint density at radius 1 is 1.23 bits per heavy atom. The van der Waals surface area contributed by atoms with Gasteiger partial charge in [0, 0.05) is 53.3 Å². The van der Waals surface area contributed by atoms with Crippen molar-refractivity contribution in [3.8, 4) is 0 Å². The van der Waals surface area contributed by atoms with E-state index in [-0.39, 0.29) is 28.5 Å². The Bertz CT molecular complexity index is 1130. The Labute approximate surface area is 174 Å². The van der Waals surface area contributed by atoms with Gasteiger partial charge in [0.1, 0.15) is 5.82 Å². The lowest BCUT2D eigenvalue weighted by Crippen LogP contribution is -2.30. The molecule has 0 saturated carbocycles. The van der Waals surface area contributed by atoms with E-state index in [0.717, 1.165) is 22.5 Å². The van der Waals surface area contributed by atoms with Gasteiger partial charge in [-0.25, -0.2) is 22.1 Å². The second kappa shape index (κ2) is 8.15. The number of likely N-dealkylation sites (tertiary alicyclic amines) is 1. The molecule has 1 N–H and O–H groups in total. The van der Waals surface area contributed by atoms with E-state index < -0.39 is 21.7 Å². The summed E-state index contributed by atoms with van der Waals surface area (Å²) in [7, 11) is 2.43. The van der Waals surface area contributed by atoms with E-state index in [0.29, 0.717) is 24.6 Å². The van der Waals surface area contributed by atoms with Gasteiger partial charge in [0.2, 0.25) is 16.0 Å². The lowest BCUT2D eigenvalue weighted by molar-refractivity contribution is 0.0785. The summed E-state index contributed by atoms with van der Waals surface area (Å²) in [6, 6.07) is 4.59. The third-order valence-corrected chi connectivity index (χ3v) is 6.82. The quantitative estimate of drug-likeness (QED) is 0.744. The van der Waals surface area contributed by atoms with Crippen molar-refractivity contribution in [1.29, 1.82) is 0 Å². The Balaban J connectivity index is 1.86. The van der Waals surface area contributed by atoms with Crippen LogP contribution in [0.15, 0.2) is 34.0 Å². The molecule has 2 aromatic rings. The smallest absolute Gasteiger partial charge is 0.256 e. The van der Waals surface area contributed by atoms with Crippen molar-refractivity contribution < 1.29 is 17.6 Å². The first-order valence-electron chi connectivity index (χ1n) is 9.30. The summed E-state index contributed by atoms with van der Waals surface area (Å²) in [6.45, 7) is 0.603. The van der Waals surface area contributed by atoms with E-state index in [1.165, 1.54) is 25.1 Å². The van der Waals surface area contributed by atoms with Gasteiger partial charge in [-0.15, -0.1) is 0 Å². The molecule has 1 aliphatic heterocycles. The number of nitrogens with one attached hydrogen (secondary N) is 1. The number of sulfonamides is 1. The Hall–Kier alpha value is -2.79. The van der Waals surface area contributed by atoms with Gasteiger partial charge in [-0.2, -0.15) is 0 Å². The van der Waals surface area contributed by atoms with E-state index in [4.69, 9.17) is 0 Å². The first-order valence-corrected chi connectivity index (χ1v) is 10.7. The van der Waals surface area contributed by atoms with E-state index in [9.17, 15) is 22.4 Å². The minimum absolute atomic E-state index is 0.153. The van der Waals surface area contributed by atoms with Crippen LogP contribution in [-0.2, 0) is 10.0 Å². The average molecular weight is 437 g/mol. The van der Waals surface area contributed by atoms with Crippen LogP contribution in [0.1, 0.15) is 28.4 Å². The van der Waals surface area contributed by atoms with Gasteiger partial charge < -0.3 is 9.80 Å². The zero-order chi connectivity index (χ0) is 22.2. The highest BCUT2D eigenvalue weighted by molar-refractivity contribution is 7.89. The molecule has 0 radical (unpaired) electrons. The summed E-state index contributed by atoms with van der Waals surface area (Å²) < 4.78 is 40.0. The molecule has 1 aromatic heterocycles. The van der Waals surface area contributed by atoms with Crippen LogP contribution in [0.2, 0.25) is 0 Å². The van der Waals surface area contributed by atoms with Crippen LogP contribution < -0.4 is 10.5 Å². The number of aromatic amines is 1. The van der Waals surface area contributed by atoms with Crippen LogP contribution in [0.25, 0.3) is 0 Å². The number of hydrogen-bond donors (Lipinski definition) is 1. The van der Waals surface area contributed by atoms with Crippen molar-refractivity contribution in [2.24, 2.45) is 0 Å². The van der Waals surface area contributed by atoms with Crippen molar-refractivity contribution in [3.05, 3.63) is 51.7 Å². The molecule has 0 bridgehead atoms. The molecule has 1 saturated heterocycles. The van der Waals surface area contributed by atoms with Crippen LogP contribution >= 0.6 is 0 Å². The SMILES string of the molecule is CN(C)c1nc([C@H]2CCN(C(=O)c3cc(S(=O)(=O)N(C)C)ccc3F)C2)cc(=O)[nH]1. The van der Waals surface area contributed by atoms with E-state index in [2.05, 4.69) is 9.97 Å². The molecule has 30 heavy (non-hydrogen) atoms. The van der Waals surface area contributed by atoms with Gasteiger partial charge in [-0.1, -0.05) is 0 Å². The number of carbonyl (C=O) groups is 1. The number of H-pyrrole nitrogens is 1. The summed E-state index contributed by atoms with van der Waals surface area (Å²) in [6.07, 6.45) is 0.562. The van der Waals surface area contributed by atoms with Crippen molar-refractivity contribution >= 4 is 21.9 Å². The zero-order valence-electron chi connectivity index (χ0n) is 17.2. The first kappa shape index (κ1) is 21.9. The molecule has 1 fully saturated rings. The molecular formula is C19H24FN5O4S. The van der Waals surface area contributed by atoms with Gasteiger partial charge in [0.25, 0.3) is 11.5 Å². The summed E-state index contributed by atoms with van der Waals surface area (Å²) in [5.74, 6) is -1.14. The van der Waals surface area contributed by atoms with Crippen molar-refractivity contribution in [3.63, 3.8) is 0 Å². The number of hydrogen-bond acceptors (Lipinski definition) is 6. The fourth-order valence-electron chi connectivity index (χ4n) is 3.28. The molecule has 1 amide bonds. The maximum Gasteiger partial charge on any atom is 0.256 e. The van der Waals surface area contributed by atoms with Gasteiger partial charge in [0.15, 0.2) is 0 Å².